The molecule has 1 N–H and O–H groups in total. The molecule has 5 heteroatoms. The number of anilines is 2. The van der Waals surface area contributed by atoms with Crippen LogP contribution in [-0.2, 0) is 13.0 Å². The van der Waals surface area contributed by atoms with Gasteiger partial charge in [-0.05, 0) is 25.3 Å². The first kappa shape index (κ1) is 14.8. The van der Waals surface area contributed by atoms with Gasteiger partial charge < -0.3 is 10.2 Å². The molecule has 2 aromatic rings. The fourth-order valence-electron chi connectivity index (χ4n) is 2.02. The number of aromatic nitrogens is 2. The molecule has 0 atom stereocenters. The third-order valence-electron chi connectivity index (χ3n) is 3.07. The summed E-state index contributed by atoms with van der Waals surface area (Å²) in [5, 5.41) is 5.40. The molecule has 0 fully saturated rings. The minimum Gasteiger partial charge on any atom is -0.370 e. The normalized spacial score (nSPS) is 10.6. The van der Waals surface area contributed by atoms with Crippen molar-refractivity contribution in [2.75, 3.05) is 23.3 Å². The van der Waals surface area contributed by atoms with Crippen LogP contribution in [0.25, 0.3) is 0 Å². The minimum atomic E-state index is 0.850. The molecule has 0 saturated heterocycles. The lowest BCUT2D eigenvalue weighted by molar-refractivity contribution is 0.804. The Bertz CT molecular complexity index is 525. The van der Waals surface area contributed by atoms with E-state index in [0.29, 0.717) is 0 Å². The molecule has 2 rings (SSSR count). The van der Waals surface area contributed by atoms with Gasteiger partial charge in [-0.15, -0.1) is 11.3 Å². The second-order valence-electron chi connectivity index (χ2n) is 4.51. The molecule has 0 bridgehead atoms. The number of aryl methyl sites for hydroxylation is 1. The highest BCUT2D eigenvalue weighted by Crippen LogP contribution is 2.20. The smallest absolute Gasteiger partial charge is 0.134 e. The van der Waals surface area contributed by atoms with Crippen molar-refractivity contribution in [2.24, 2.45) is 0 Å². The van der Waals surface area contributed by atoms with Crippen LogP contribution in [0, 0.1) is 0 Å². The Balaban J connectivity index is 2.25. The number of hydrogen-bond donors (Lipinski definition) is 1. The zero-order valence-electron chi connectivity index (χ0n) is 12.4. The second kappa shape index (κ2) is 7.24. The van der Waals surface area contributed by atoms with Crippen LogP contribution in [0.15, 0.2) is 23.6 Å². The number of nitrogens with one attached hydrogen (secondary N) is 1. The van der Waals surface area contributed by atoms with Crippen LogP contribution >= 0.6 is 11.3 Å². The Kier molecular flexibility index (Phi) is 5.35. The molecule has 0 aliphatic rings. The molecule has 0 saturated carbocycles. The van der Waals surface area contributed by atoms with Crippen molar-refractivity contribution in [3.05, 3.63) is 34.3 Å². The molecule has 0 aliphatic carbocycles. The molecular weight excluding hydrogens is 268 g/mol. The van der Waals surface area contributed by atoms with Crippen LogP contribution < -0.4 is 10.2 Å². The number of rotatable bonds is 7. The van der Waals surface area contributed by atoms with Gasteiger partial charge in [0.2, 0.25) is 0 Å². The highest BCUT2D eigenvalue weighted by atomic mass is 32.1. The molecule has 20 heavy (non-hydrogen) atoms. The van der Waals surface area contributed by atoms with Gasteiger partial charge in [-0.3, -0.25) is 0 Å². The van der Waals surface area contributed by atoms with Crippen LogP contribution in [-0.4, -0.2) is 23.1 Å². The van der Waals surface area contributed by atoms with Gasteiger partial charge in [-0.25, -0.2) is 9.97 Å². The average Bonchev–Trinajstić information content (AvgIpc) is 2.97. The van der Waals surface area contributed by atoms with E-state index in [-0.39, 0.29) is 0 Å². The largest absolute Gasteiger partial charge is 0.370 e. The van der Waals surface area contributed by atoms with E-state index in [2.05, 4.69) is 58.5 Å². The zero-order valence-corrected chi connectivity index (χ0v) is 13.2. The summed E-state index contributed by atoms with van der Waals surface area (Å²) in [5.41, 5.74) is 0. The van der Waals surface area contributed by atoms with Crippen molar-refractivity contribution >= 4 is 23.0 Å². The predicted molar refractivity (Wildman–Crippen MR) is 86.6 cm³/mol. The van der Waals surface area contributed by atoms with Gasteiger partial charge >= 0.3 is 0 Å². The van der Waals surface area contributed by atoms with E-state index in [9.17, 15) is 0 Å². The van der Waals surface area contributed by atoms with Gasteiger partial charge in [-0.1, -0.05) is 13.0 Å². The summed E-state index contributed by atoms with van der Waals surface area (Å²) in [6, 6.07) is 6.30. The molecule has 108 valence electrons. The van der Waals surface area contributed by atoms with Crippen molar-refractivity contribution in [1.29, 1.82) is 0 Å². The Hall–Kier alpha value is -1.62. The summed E-state index contributed by atoms with van der Waals surface area (Å²) in [5.74, 6) is 2.81. The molecule has 2 aromatic heterocycles. The van der Waals surface area contributed by atoms with Crippen molar-refractivity contribution in [1.82, 2.24) is 9.97 Å². The molecule has 0 radical (unpaired) electrons. The maximum absolute atomic E-state index is 4.67. The molecule has 0 aliphatic heterocycles. The van der Waals surface area contributed by atoms with Gasteiger partial charge in [0.15, 0.2) is 0 Å². The summed E-state index contributed by atoms with van der Waals surface area (Å²) >= 11 is 1.79. The van der Waals surface area contributed by atoms with Crippen LogP contribution in [0.4, 0.5) is 11.6 Å². The summed E-state index contributed by atoms with van der Waals surface area (Å²) in [7, 11) is 0. The molecule has 0 aromatic carbocycles. The Morgan fingerprint density at radius 1 is 1.25 bits per heavy atom. The van der Waals surface area contributed by atoms with E-state index in [1.807, 2.05) is 6.07 Å². The first-order chi connectivity index (χ1) is 9.76. The number of hydrogen-bond acceptors (Lipinski definition) is 5. The number of thiophene rings is 1. The zero-order chi connectivity index (χ0) is 14.4. The Labute approximate surface area is 124 Å². The van der Waals surface area contributed by atoms with E-state index in [1.54, 1.807) is 11.3 Å². The van der Waals surface area contributed by atoms with Crippen LogP contribution in [0.5, 0.6) is 0 Å². The quantitative estimate of drug-likeness (QED) is 0.846. The summed E-state index contributed by atoms with van der Waals surface area (Å²) in [6.45, 7) is 9.04. The maximum Gasteiger partial charge on any atom is 0.134 e. The first-order valence-corrected chi connectivity index (χ1v) is 8.03. The molecule has 0 unspecified atom stereocenters. The number of nitrogens with zero attached hydrogens (tertiary/aromatic N) is 3. The standard InChI is InChI=1S/C15H22N4S/c1-4-13-17-14(16-5-2)10-15(18-13)19(6-3)11-12-8-7-9-20-12/h7-10H,4-6,11H2,1-3H3,(H,16,17,18). The van der Waals surface area contributed by atoms with E-state index in [4.69, 9.17) is 0 Å². The topological polar surface area (TPSA) is 41.0 Å². The lowest BCUT2D eigenvalue weighted by Gasteiger charge is -2.22. The van der Waals surface area contributed by atoms with E-state index in [1.165, 1.54) is 4.88 Å². The third kappa shape index (κ3) is 3.70. The molecule has 2 heterocycles. The minimum absolute atomic E-state index is 0.850. The van der Waals surface area contributed by atoms with Gasteiger partial charge in [0, 0.05) is 30.5 Å². The monoisotopic (exact) mass is 290 g/mol. The summed E-state index contributed by atoms with van der Waals surface area (Å²) < 4.78 is 0. The molecule has 0 amide bonds. The van der Waals surface area contributed by atoms with Gasteiger partial charge in [0.05, 0.1) is 6.54 Å². The van der Waals surface area contributed by atoms with Crippen molar-refractivity contribution in [3.63, 3.8) is 0 Å². The Morgan fingerprint density at radius 2 is 2.10 bits per heavy atom. The highest BCUT2D eigenvalue weighted by molar-refractivity contribution is 7.09. The average molecular weight is 290 g/mol. The highest BCUT2D eigenvalue weighted by Gasteiger charge is 2.11. The first-order valence-electron chi connectivity index (χ1n) is 7.15. The van der Waals surface area contributed by atoms with Gasteiger partial charge in [0.1, 0.15) is 17.5 Å². The Morgan fingerprint density at radius 3 is 2.70 bits per heavy atom. The molecule has 4 nitrogen and oxygen atoms in total. The van der Waals surface area contributed by atoms with E-state index in [0.717, 1.165) is 43.5 Å². The van der Waals surface area contributed by atoms with E-state index >= 15 is 0 Å². The van der Waals surface area contributed by atoms with Gasteiger partial charge in [0.25, 0.3) is 0 Å². The van der Waals surface area contributed by atoms with Crippen LogP contribution in [0.3, 0.4) is 0 Å². The van der Waals surface area contributed by atoms with Crippen LogP contribution in [0.1, 0.15) is 31.5 Å². The lowest BCUT2D eigenvalue weighted by atomic mass is 10.3. The second-order valence-corrected chi connectivity index (χ2v) is 5.54. The summed E-state index contributed by atoms with van der Waals surface area (Å²) in [6.07, 6.45) is 0.850. The van der Waals surface area contributed by atoms with Crippen molar-refractivity contribution in [2.45, 2.75) is 33.7 Å². The van der Waals surface area contributed by atoms with E-state index < -0.39 is 0 Å². The SMILES string of the molecule is CCNc1cc(N(CC)Cc2cccs2)nc(CC)n1. The molecular formula is C15H22N4S. The molecule has 0 spiro atoms. The van der Waals surface area contributed by atoms with Gasteiger partial charge in [-0.2, -0.15) is 0 Å². The predicted octanol–water partition coefficient (Wildman–Crippen LogP) is 3.56. The van der Waals surface area contributed by atoms with Crippen molar-refractivity contribution < 1.29 is 0 Å². The van der Waals surface area contributed by atoms with Crippen LogP contribution in [0.2, 0.25) is 0 Å². The fraction of sp³-hybridized carbons (Fsp3) is 0.467. The lowest BCUT2D eigenvalue weighted by Crippen LogP contribution is -2.23. The maximum atomic E-state index is 4.67. The van der Waals surface area contributed by atoms with Crippen molar-refractivity contribution in [3.8, 4) is 0 Å². The third-order valence-corrected chi connectivity index (χ3v) is 3.93. The fourth-order valence-corrected chi connectivity index (χ4v) is 2.74. The summed E-state index contributed by atoms with van der Waals surface area (Å²) in [4.78, 5) is 12.8.